The maximum absolute atomic E-state index is 12.6. The molecule has 0 atom stereocenters. The molecule has 1 saturated carbocycles. The topological polar surface area (TPSA) is 81.4 Å². The van der Waals surface area contributed by atoms with E-state index in [4.69, 9.17) is 9.26 Å². The minimum absolute atomic E-state index is 0.175. The van der Waals surface area contributed by atoms with Gasteiger partial charge < -0.3 is 9.26 Å². The van der Waals surface area contributed by atoms with Crippen molar-refractivity contribution in [2.75, 3.05) is 11.9 Å². The van der Waals surface area contributed by atoms with E-state index < -0.39 is 11.3 Å². The number of hydrogen-bond acceptors (Lipinski definition) is 5. The van der Waals surface area contributed by atoms with Gasteiger partial charge in [-0.3, -0.25) is 14.9 Å². The molecule has 0 unspecified atom stereocenters. The zero-order valence-corrected chi connectivity index (χ0v) is 15.4. The van der Waals surface area contributed by atoms with Gasteiger partial charge in [0.1, 0.15) is 0 Å². The molecule has 1 aromatic carbocycles. The van der Waals surface area contributed by atoms with Crippen molar-refractivity contribution in [1.29, 1.82) is 0 Å². The van der Waals surface area contributed by atoms with Crippen LogP contribution in [0.25, 0.3) is 0 Å². The standard InChI is InChI=1S/C20H24N2O4/c1-19(2,3)15-12-17(26-22-15)21-16(23)13-25-18(24)20(10-7-11-20)14-8-5-4-6-9-14/h4-6,8-9,12H,7,10-11,13H2,1-3H3,(H,21,23). The number of aromatic nitrogens is 1. The highest BCUT2D eigenvalue weighted by molar-refractivity contribution is 5.93. The van der Waals surface area contributed by atoms with E-state index in [2.05, 4.69) is 10.5 Å². The molecule has 6 nitrogen and oxygen atoms in total. The quantitative estimate of drug-likeness (QED) is 0.828. The van der Waals surface area contributed by atoms with Crippen molar-refractivity contribution in [3.63, 3.8) is 0 Å². The van der Waals surface area contributed by atoms with Crippen molar-refractivity contribution >= 4 is 17.8 Å². The van der Waals surface area contributed by atoms with Crippen LogP contribution in [0.3, 0.4) is 0 Å². The molecule has 3 rings (SSSR count). The maximum atomic E-state index is 12.6. The summed E-state index contributed by atoms with van der Waals surface area (Å²) in [6.07, 6.45) is 2.47. The first kappa shape index (κ1) is 18.2. The average Bonchev–Trinajstić information content (AvgIpc) is 3.02. The van der Waals surface area contributed by atoms with Gasteiger partial charge in [-0.05, 0) is 18.4 Å². The van der Waals surface area contributed by atoms with E-state index in [0.717, 1.165) is 30.5 Å². The molecule has 26 heavy (non-hydrogen) atoms. The zero-order chi connectivity index (χ0) is 18.8. The van der Waals surface area contributed by atoms with E-state index in [0.29, 0.717) is 0 Å². The number of esters is 1. The lowest BCUT2D eigenvalue weighted by atomic mass is 9.64. The Bertz CT molecular complexity index is 786. The Labute approximate surface area is 152 Å². The van der Waals surface area contributed by atoms with Gasteiger partial charge in [0.25, 0.3) is 5.91 Å². The summed E-state index contributed by atoms with van der Waals surface area (Å²) in [6, 6.07) is 11.3. The second-order valence-electron chi connectivity index (χ2n) is 7.75. The molecule has 138 valence electrons. The third-order valence-electron chi connectivity index (χ3n) is 4.80. The van der Waals surface area contributed by atoms with E-state index in [1.165, 1.54) is 0 Å². The average molecular weight is 356 g/mol. The zero-order valence-electron chi connectivity index (χ0n) is 15.4. The SMILES string of the molecule is CC(C)(C)c1cc(NC(=O)COC(=O)C2(c3ccccc3)CCC2)on1. The van der Waals surface area contributed by atoms with Crippen molar-refractivity contribution in [2.45, 2.75) is 50.9 Å². The summed E-state index contributed by atoms with van der Waals surface area (Å²) in [5, 5.41) is 6.51. The van der Waals surface area contributed by atoms with E-state index in [1.807, 2.05) is 51.1 Å². The molecule has 1 amide bonds. The molecule has 1 heterocycles. The molecule has 1 N–H and O–H groups in total. The first-order valence-electron chi connectivity index (χ1n) is 8.81. The fourth-order valence-corrected chi connectivity index (χ4v) is 3.03. The van der Waals surface area contributed by atoms with Crippen LogP contribution in [0, 0.1) is 0 Å². The van der Waals surface area contributed by atoms with Crippen LogP contribution in [-0.4, -0.2) is 23.6 Å². The molecule has 1 aliphatic rings. The minimum Gasteiger partial charge on any atom is -0.455 e. The molecule has 1 aromatic heterocycles. The number of carbonyl (C=O) groups is 2. The minimum atomic E-state index is -0.618. The monoisotopic (exact) mass is 356 g/mol. The number of amides is 1. The van der Waals surface area contributed by atoms with Gasteiger partial charge in [-0.25, -0.2) is 0 Å². The van der Waals surface area contributed by atoms with Crippen LogP contribution in [0.5, 0.6) is 0 Å². The van der Waals surface area contributed by atoms with Gasteiger partial charge in [0.15, 0.2) is 6.61 Å². The fourth-order valence-electron chi connectivity index (χ4n) is 3.03. The number of nitrogens with one attached hydrogen (secondary N) is 1. The highest BCUT2D eigenvalue weighted by atomic mass is 16.5. The van der Waals surface area contributed by atoms with E-state index in [1.54, 1.807) is 6.07 Å². The second kappa shape index (κ2) is 6.94. The van der Waals surface area contributed by atoms with Gasteiger partial charge in [0, 0.05) is 11.5 Å². The maximum Gasteiger partial charge on any atom is 0.317 e. The molecule has 1 fully saturated rings. The van der Waals surface area contributed by atoms with Crippen molar-refractivity contribution in [2.24, 2.45) is 0 Å². The van der Waals surface area contributed by atoms with Crippen LogP contribution in [0.15, 0.2) is 40.9 Å². The van der Waals surface area contributed by atoms with Crippen LogP contribution in [-0.2, 0) is 25.2 Å². The van der Waals surface area contributed by atoms with Gasteiger partial charge in [-0.1, -0.05) is 62.7 Å². The lowest BCUT2D eigenvalue weighted by Gasteiger charge is -2.39. The number of carbonyl (C=O) groups excluding carboxylic acids is 2. The van der Waals surface area contributed by atoms with Crippen molar-refractivity contribution in [1.82, 2.24) is 5.16 Å². The first-order chi connectivity index (χ1) is 12.3. The molecular formula is C20H24N2O4. The number of benzene rings is 1. The predicted octanol–water partition coefficient (Wildman–Crippen LogP) is 3.58. The summed E-state index contributed by atoms with van der Waals surface area (Å²) >= 11 is 0. The highest BCUT2D eigenvalue weighted by Crippen LogP contribution is 2.44. The third-order valence-corrected chi connectivity index (χ3v) is 4.80. The van der Waals surface area contributed by atoms with Gasteiger partial charge in [0.2, 0.25) is 5.88 Å². The molecule has 0 spiro atoms. The molecule has 2 aromatic rings. The smallest absolute Gasteiger partial charge is 0.317 e. The summed E-state index contributed by atoms with van der Waals surface area (Å²) in [5.74, 6) is -0.548. The molecule has 0 radical (unpaired) electrons. The summed E-state index contributed by atoms with van der Waals surface area (Å²) in [7, 11) is 0. The van der Waals surface area contributed by atoms with Crippen LogP contribution >= 0.6 is 0 Å². The second-order valence-corrected chi connectivity index (χ2v) is 7.75. The van der Waals surface area contributed by atoms with Gasteiger partial charge in [0.05, 0.1) is 11.1 Å². The summed E-state index contributed by atoms with van der Waals surface area (Å²) < 4.78 is 10.4. The Balaban J connectivity index is 1.57. The van der Waals surface area contributed by atoms with Crippen molar-refractivity contribution in [3.05, 3.63) is 47.7 Å². The molecular weight excluding hydrogens is 332 g/mol. The number of ether oxygens (including phenoxy) is 1. The van der Waals surface area contributed by atoms with Crippen LogP contribution in [0.1, 0.15) is 51.3 Å². The largest absolute Gasteiger partial charge is 0.455 e. The lowest BCUT2D eigenvalue weighted by molar-refractivity contribution is -0.156. The van der Waals surface area contributed by atoms with E-state index in [9.17, 15) is 9.59 Å². The highest BCUT2D eigenvalue weighted by Gasteiger charge is 2.47. The van der Waals surface area contributed by atoms with Gasteiger partial charge >= 0.3 is 5.97 Å². The summed E-state index contributed by atoms with van der Waals surface area (Å²) in [6.45, 7) is 5.65. The Morgan fingerprint density at radius 1 is 1.23 bits per heavy atom. The van der Waals surface area contributed by atoms with Crippen LogP contribution in [0.2, 0.25) is 0 Å². The van der Waals surface area contributed by atoms with Crippen LogP contribution in [0.4, 0.5) is 5.88 Å². The Hall–Kier alpha value is -2.63. The Morgan fingerprint density at radius 2 is 1.92 bits per heavy atom. The van der Waals surface area contributed by atoms with Crippen molar-refractivity contribution < 1.29 is 18.8 Å². The molecule has 1 aliphatic carbocycles. The van der Waals surface area contributed by atoms with Crippen LogP contribution < -0.4 is 5.32 Å². The first-order valence-corrected chi connectivity index (χ1v) is 8.81. The van der Waals surface area contributed by atoms with E-state index >= 15 is 0 Å². The van der Waals surface area contributed by atoms with Crippen molar-refractivity contribution in [3.8, 4) is 0 Å². The third kappa shape index (κ3) is 3.64. The number of hydrogen-bond donors (Lipinski definition) is 1. The predicted molar refractivity (Wildman–Crippen MR) is 96.8 cm³/mol. The number of rotatable bonds is 5. The normalized spacial score (nSPS) is 15.8. The molecule has 0 aliphatic heterocycles. The van der Waals surface area contributed by atoms with Gasteiger partial charge in [-0.2, -0.15) is 0 Å². The Kier molecular flexibility index (Phi) is 4.85. The lowest BCUT2D eigenvalue weighted by Crippen LogP contribution is -2.44. The molecule has 0 bridgehead atoms. The number of nitrogens with zero attached hydrogens (tertiary/aromatic N) is 1. The van der Waals surface area contributed by atoms with Gasteiger partial charge in [-0.15, -0.1) is 0 Å². The fraction of sp³-hybridized carbons (Fsp3) is 0.450. The molecule has 0 saturated heterocycles. The number of anilines is 1. The van der Waals surface area contributed by atoms with E-state index in [-0.39, 0.29) is 23.9 Å². The molecule has 6 heteroatoms. The summed E-state index contributed by atoms with van der Waals surface area (Å²) in [4.78, 5) is 24.7. The Morgan fingerprint density at radius 3 is 2.46 bits per heavy atom. The summed E-state index contributed by atoms with van der Waals surface area (Å²) in [5.41, 5.74) is 0.891.